The van der Waals surface area contributed by atoms with Gasteiger partial charge in [-0.25, -0.2) is 0 Å². The van der Waals surface area contributed by atoms with Crippen LogP contribution in [0.3, 0.4) is 0 Å². The van der Waals surface area contributed by atoms with Gasteiger partial charge in [-0.15, -0.1) is 0 Å². The number of ether oxygens (including phenoxy) is 1. The fourth-order valence-electron chi connectivity index (χ4n) is 0.945. The predicted octanol–water partition coefficient (Wildman–Crippen LogP) is 1.60. The first-order valence-corrected chi connectivity index (χ1v) is 4.01. The molecule has 0 saturated carbocycles. The van der Waals surface area contributed by atoms with Gasteiger partial charge in [-0.05, 0) is 12.3 Å². The van der Waals surface area contributed by atoms with E-state index < -0.39 is 0 Å². The van der Waals surface area contributed by atoms with Crippen molar-refractivity contribution in [1.29, 1.82) is 0 Å². The summed E-state index contributed by atoms with van der Waals surface area (Å²) in [5, 5.41) is 8.46. The molecule has 0 aliphatic carbocycles. The monoisotopic (exact) mass is 158 g/mol. The molecule has 0 aromatic heterocycles. The Morgan fingerprint density at radius 1 is 1.36 bits per heavy atom. The lowest BCUT2D eigenvalue weighted by Crippen LogP contribution is -2.16. The van der Waals surface area contributed by atoms with Gasteiger partial charge in [0.2, 0.25) is 0 Å². The van der Waals surface area contributed by atoms with Gasteiger partial charge in [0.15, 0.2) is 0 Å². The van der Waals surface area contributed by atoms with Gasteiger partial charge in [0.05, 0.1) is 12.7 Å². The Morgan fingerprint density at radius 3 is 2.36 bits per heavy atom. The largest absolute Gasteiger partial charge is 0.392 e. The Hall–Kier alpha value is -0.340. The molecule has 0 spiro atoms. The van der Waals surface area contributed by atoms with Crippen LogP contribution < -0.4 is 0 Å². The molecule has 0 rings (SSSR count). The van der Waals surface area contributed by atoms with E-state index in [2.05, 4.69) is 13.8 Å². The predicted molar refractivity (Wildman–Crippen MR) is 46.5 cm³/mol. The molecule has 0 amide bonds. The van der Waals surface area contributed by atoms with Crippen LogP contribution in [-0.2, 0) is 4.74 Å². The van der Waals surface area contributed by atoms with Crippen LogP contribution in [-0.4, -0.2) is 24.9 Å². The molecule has 1 atom stereocenters. The second-order valence-electron chi connectivity index (χ2n) is 2.91. The quantitative estimate of drug-likeness (QED) is 0.616. The van der Waals surface area contributed by atoms with Crippen LogP contribution in [0.5, 0.6) is 0 Å². The van der Waals surface area contributed by atoms with Crippen LogP contribution in [0.25, 0.3) is 0 Å². The zero-order chi connectivity index (χ0) is 8.69. The second-order valence-corrected chi connectivity index (χ2v) is 2.91. The van der Waals surface area contributed by atoms with Crippen molar-refractivity contribution in [2.24, 2.45) is 5.92 Å². The zero-order valence-electron chi connectivity index (χ0n) is 7.58. The van der Waals surface area contributed by atoms with Crippen molar-refractivity contribution in [3.05, 3.63) is 12.2 Å². The summed E-state index contributed by atoms with van der Waals surface area (Å²) in [4.78, 5) is 0. The minimum absolute atomic E-state index is 0.120. The molecule has 0 bridgehead atoms. The molecule has 0 heterocycles. The lowest BCUT2D eigenvalue weighted by atomic mass is 10.0. The van der Waals surface area contributed by atoms with Gasteiger partial charge in [-0.2, -0.15) is 0 Å². The van der Waals surface area contributed by atoms with E-state index in [4.69, 9.17) is 9.84 Å². The van der Waals surface area contributed by atoms with Crippen molar-refractivity contribution in [2.75, 3.05) is 13.7 Å². The minimum Gasteiger partial charge on any atom is -0.392 e. The Labute approximate surface area is 68.9 Å². The molecule has 2 nitrogen and oxygen atoms in total. The van der Waals surface area contributed by atoms with Crippen molar-refractivity contribution in [2.45, 2.75) is 26.4 Å². The maximum atomic E-state index is 8.46. The van der Waals surface area contributed by atoms with Gasteiger partial charge < -0.3 is 9.84 Å². The lowest BCUT2D eigenvalue weighted by Gasteiger charge is -2.16. The molecule has 1 unspecified atom stereocenters. The fourth-order valence-corrected chi connectivity index (χ4v) is 0.945. The van der Waals surface area contributed by atoms with Gasteiger partial charge in [0.1, 0.15) is 0 Å². The smallest absolute Gasteiger partial charge is 0.0628 e. The first kappa shape index (κ1) is 10.7. The van der Waals surface area contributed by atoms with E-state index in [0.717, 1.165) is 6.42 Å². The maximum absolute atomic E-state index is 8.46. The topological polar surface area (TPSA) is 29.5 Å². The van der Waals surface area contributed by atoms with Gasteiger partial charge in [0.25, 0.3) is 0 Å². The highest BCUT2D eigenvalue weighted by atomic mass is 16.5. The van der Waals surface area contributed by atoms with E-state index in [-0.39, 0.29) is 12.7 Å². The van der Waals surface area contributed by atoms with Gasteiger partial charge in [-0.1, -0.05) is 26.0 Å². The van der Waals surface area contributed by atoms with E-state index in [0.29, 0.717) is 5.92 Å². The third-order valence-corrected chi connectivity index (χ3v) is 1.69. The molecule has 0 radical (unpaired) electrons. The molecule has 0 saturated heterocycles. The highest BCUT2D eigenvalue weighted by molar-refractivity contribution is 4.84. The van der Waals surface area contributed by atoms with Crippen LogP contribution in [0.4, 0.5) is 0 Å². The Balaban J connectivity index is 3.60. The van der Waals surface area contributed by atoms with Crippen molar-refractivity contribution in [3.63, 3.8) is 0 Å². The standard InChI is InChI=1S/C9H18O2/c1-8(2)9(11-3)6-4-5-7-10/h4-5,8-10H,6-7H2,1-3H3. The van der Waals surface area contributed by atoms with Gasteiger partial charge in [-0.3, -0.25) is 0 Å². The SMILES string of the molecule is COC(CC=CCO)C(C)C. The molecule has 0 aromatic carbocycles. The Morgan fingerprint density at radius 2 is 2.00 bits per heavy atom. The summed E-state index contributed by atoms with van der Waals surface area (Å²) in [6.45, 7) is 4.37. The van der Waals surface area contributed by atoms with E-state index in [1.54, 1.807) is 13.2 Å². The second kappa shape index (κ2) is 6.38. The normalized spacial score (nSPS) is 14.6. The Kier molecular flexibility index (Phi) is 6.18. The van der Waals surface area contributed by atoms with Crippen molar-refractivity contribution in [1.82, 2.24) is 0 Å². The van der Waals surface area contributed by atoms with Crippen LogP contribution in [0.15, 0.2) is 12.2 Å². The molecule has 0 aliphatic rings. The third-order valence-electron chi connectivity index (χ3n) is 1.69. The summed E-state index contributed by atoms with van der Waals surface area (Å²) in [5.74, 6) is 0.531. The van der Waals surface area contributed by atoms with Gasteiger partial charge in [0, 0.05) is 7.11 Å². The highest BCUT2D eigenvalue weighted by Crippen LogP contribution is 2.09. The molecule has 0 aliphatic heterocycles. The van der Waals surface area contributed by atoms with E-state index >= 15 is 0 Å². The number of aliphatic hydroxyl groups is 1. The molecule has 1 N–H and O–H groups in total. The van der Waals surface area contributed by atoms with Crippen molar-refractivity contribution < 1.29 is 9.84 Å². The lowest BCUT2D eigenvalue weighted by molar-refractivity contribution is 0.0675. The fraction of sp³-hybridized carbons (Fsp3) is 0.778. The average Bonchev–Trinajstić information content (AvgIpc) is 1.97. The number of hydrogen-bond acceptors (Lipinski definition) is 2. The molecular formula is C9H18O2. The van der Waals surface area contributed by atoms with E-state index in [1.165, 1.54) is 0 Å². The van der Waals surface area contributed by atoms with E-state index in [9.17, 15) is 0 Å². The Bertz CT molecular complexity index is 108. The summed E-state index contributed by atoms with van der Waals surface area (Å²) < 4.78 is 5.23. The average molecular weight is 158 g/mol. The highest BCUT2D eigenvalue weighted by Gasteiger charge is 2.08. The third kappa shape index (κ3) is 4.99. The first-order valence-electron chi connectivity index (χ1n) is 4.01. The van der Waals surface area contributed by atoms with Crippen LogP contribution in [0.2, 0.25) is 0 Å². The van der Waals surface area contributed by atoms with E-state index in [1.807, 2.05) is 6.08 Å². The summed E-state index contributed by atoms with van der Waals surface area (Å²) in [6, 6.07) is 0. The summed E-state index contributed by atoms with van der Waals surface area (Å²) in [5.41, 5.74) is 0. The number of hydrogen-bond donors (Lipinski definition) is 1. The van der Waals surface area contributed by atoms with Crippen LogP contribution in [0.1, 0.15) is 20.3 Å². The van der Waals surface area contributed by atoms with Crippen LogP contribution in [0, 0.1) is 5.92 Å². The minimum atomic E-state index is 0.120. The van der Waals surface area contributed by atoms with Crippen molar-refractivity contribution >= 4 is 0 Å². The molecule has 66 valence electrons. The molecular weight excluding hydrogens is 140 g/mol. The van der Waals surface area contributed by atoms with Crippen LogP contribution >= 0.6 is 0 Å². The number of aliphatic hydroxyl groups excluding tert-OH is 1. The zero-order valence-corrected chi connectivity index (χ0v) is 7.58. The maximum Gasteiger partial charge on any atom is 0.0628 e. The summed E-state index contributed by atoms with van der Waals surface area (Å²) in [7, 11) is 1.72. The summed E-state index contributed by atoms with van der Waals surface area (Å²) in [6.07, 6.45) is 4.86. The molecule has 0 aromatic rings. The molecule has 0 fully saturated rings. The summed E-state index contributed by atoms with van der Waals surface area (Å²) >= 11 is 0. The first-order chi connectivity index (χ1) is 5.22. The van der Waals surface area contributed by atoms with Crippen molar-refractivity contribution in [3.8, 4) is 0 Å². The number of rotatable bonds is 5. The molecule has 11 heavy (non-hydrogen) atoms. The molecule has 2 heteroatoms. The number of methoxy groups -OCH3 is 1. The van der Waals surface area contributed by atoms with Gasteiger partial charge >= 0.3 is 0 Å².